The highest BCUT2D eigenvalue weighted by molar-refractivity contribution is 6.11. The first kappa shape index (κ1) is 14.7. The van der Waals surface area contributed by atoms with Crippen molar-refractivity contribution in [1.82, 2.24) is 9.97 Å². The van der Waals surface area contributed by atoms with E-state index in [0.717, 1.165) is 11.3 Å². The minimum atomic E-state index is 0.377. The number of hydrogen-bond acceptors (Lipinski definition) is 5. The van der Waals surface area contributed by atoms with Crippen LogP contribution in [0, 0.1) is 0 Å². The Bertz CT molecular complexity index is 832. The molecule has 0 aliphatic heterocycles. The van der Waals surface area contributed by atoms with Gasteiger partial charge in [-0.05, 0) is 36.4 Å². The van der Waals surface area contributed by atoms with Crippen molar-refractivity contribution in [2.45, 2.75) is 0 Å². The molecule has 0 unspecified atom stereocenters. The fourth-order valence-corrected chi connectivity index (χ4v) is 2.25. The molecule has 0 fully saturated rings. The second-order valence-electron chi connectivity index (χ2n) is 4.80. The van der Waals surface area contributed by atoms with Crippen LogP contribution in [0.4, 0.5) is 0 Å². The summed E-state index contributed by atoms with van der Waals surface area (Å²) in [6.07, 6.45) is 1.72. The van der Waals surface area contributed by atoms with E-state index < -0.39 is 0 Å². The molecule has 0 saturated heterocycles. The summed E-state index contributed by atoms with van der Waals surface area (Å²) < 4.78 is 5.21. The van der Waals surface area contributed by atoms with Crippen molar-refractivity contribution in [3.8, 4) is 17.1 Å². The van der Waals surface area contributed by atoms with Crippen molar-refractivity contribution < 1.29 is 9.94 Å². The number of nitrogens with zero attached hydrogens (tertiary/aromatic N) is 3. The first-order chi connectivity index (χ1) is 11.3. The monoisotopic (exact) mass is 305 g/mol. The molecular weight excluding hydrogens is 290 g/mol. The molecule has 0 bridgehead atoms. The van der Waals surface area contributed by atoms with E-state index in [2.05, 4.69) is 15.1 Å². The maximum absolute atomic E-state index is 9.45. The van der Waals surface area contributed by atoms with Crippen LogP contribution in [0.25, 0.3) is 11.4 Å². The lowest BCUT2D eigenvalue weighted by Gasteiger charge is -2.08. The van der Waals surface area contributed by atoms with Crippen LogP contribution < -0.4 is 4.74 Å². The molecule has 0 radical (unpaired) electrons. The van der Waals surface area contributed by atoms with Crippen molar-refractivity contribution in [3.05, 3.63) is 78.1 Å². The third kappa shape index (κ3) is 3.18. The molecule has 0 saturated carbocycles. The third-order valence-corrected chi connectivity index (χ3v) is 3.36. The second kappa shape index (κ2) is 6.70. The Labute approximate surface area is 133 Å². The number of methoxy groups -OCH3 is 1. The Morgan fingerprint density at radius 2 is 1.83 bits per heavy atom. The van der Waals surface area contributed by atoms with Gasteiger partial charge in [-0.15, -0.1) is 0 Å². The molecule has 1 N–H and O–H groups in total. The van der Waals surface area contributed by atoms with Gasteiger partial charge in [-0.25, -0.2) is 4.98 Å². The summed E-state index contributed by atoms with van der Waals surface area (Å²) in [4.78, 5) is 8.84. The summed E-state index contributed by atoms with van der Waals surface area (Å²) in [6, 6.07) is 18.5. The molecule has 2 heterocycles. The number of pyridine rings is 2. The van der Waals surface area contributed by atoms with Gasteiger partial charge in [0, 0.05) is 11.8 Å². The molecule has 0 amide bonds. The first-order valence-corrected chi connectivity index (χ1v) is 7.07. The van der Waals surface area contributed by atoms with Crippen molar-refractivity contribution >= 4 is 5.71 Å². The van der Waals surface area contributed by atoms with Gasteiger partial charge in [0.2, 0.25) is 0 Å². The van der Waals surface area contributed by atoms with Crippen LogP contribution in [0.2, 0.25) is 0 Å². The summed E-state index contributed by atoms with van der Waals surface area (Å²) in [7, 11) is 1.59. The van der Waals surface area contributed by atoms with Crippen molar-refractivity contribution in [1.29, 1.82) is 0 Å². The van der Waals surface area contributed by atoms with Gasteiger partial charge in [0.15, 0.2) is 0 Å². The van der Waals surface area contributed by atoms with Crippen LogP contribution in [0.15, 0.2) is 72.0 Å². The second-order valence-corrected chi connectivity index (χ2v) is 4.80. The Morgan fingerprint density at radius 3 is 2.57 bits per heavy atom. The number of oxime groups is 1. The van der Waals surface area contributed by atoms with E-state index >= 15 is 0 Å². The number of rotatable bonds is 4. The van der Waals surface area contributed by atoms with E-state index in [1.54, 1.807) is 25.4 Å². The van der Waals surface area contributed by atoms with Crippen LogP contribution in [-0.2, 0) is 0 Å². The molecular formula is C18H15N3O2. The van der Waals surface area contributed by atoms with E-state index in [1.165, 1.54) is 0 Å². The lowest BCUT2D eigenvalue weighted by Crippen LogP contribution is -2.07. The minimum Gasteiger partial charge on any atom is -0.497 e. The lowest BCUT2D eigenvalue weighted by molar-refractivity contribution is 0.319. The Hall–Kier alpha value is -3.21. The normalized spacial score (nSPS) is 11.3. The highest BCUT2D eigenvalue weighted by Gasteiger charge is 2.12. The largest absolute Gasteiger partial charge is 0.497 e. The van der Waals surface area contributed by atoms with E-state index in [-0.39, 0.29) is 0 Å². The van der Waals surface area contributed by atoms with Crippen LogP contribution in [-0.4, -0.2) is 28.0 Å². The Morgan fingerprint density at radius 1 is 1.00 bits per heavy atom. The van der Waals surface area contributed by atoms with Gasteiger partial charge < -0.3 is 9.94 Å². The van der Waals surface area contributed by atoms with Crippen LogP contribution in [0.3, 0.4) is 0 Å². The van der Waals surface area contributed by atoms with Crippen LogP contribution in [0.5, 0.6) is 5.75 Å². The summed E-state index contributed by atoms with van der Waals surface area (Å²) in [5, 5.41) is 12.9. The number of benzene rings is 1. The molecule has 0 aliphatic rings. The molecule has 114 valence electrons. The molecule has 2 aromatic heterocycles. The molecule has 23 heavy (non-hydrogen) atoms. The van der Waals surface area contributed by atoms with E-state index in [4.69, 9.17) is 4.74 Å². The molecule has 3 rings (SSSR count). The number of ether oxygens (including phenoxy) is 1. The highest BCUT2D eigenvalue weighted by Crippen LogP contribution is 2.19. The zero-order valence-electron chi connectivity index (χ0n) is 12.5. The highest BCUT2D eigenvalue weighted by atomic mass is 16.5. The van der Waals surface area contributed by atoms with Crippen LogP contribution in [0.1, 0.15) is 11.3 Å². The van der Waals surface area contributed by atoms with Gasteiger partial charge in [0.1, 0.15) is 11.5 Å². The Balaban J connectivity index is 2.03. The third-order valence-electron chi connectivity index (χ3n) is 3.36. The van der Waals surface area contributed by atoms with Gasteiger partial charge in [0.05, 0.1) is 24.2 Å². The van der Waals surface area contributed by atoms with Gasteiger partial charge >= 0.3 is 0 Å². The predicted octanol–water partition coefficient (Wildman–Crippen LogP) is 3.38. The molecule has 1 aromatic carbocycles. The summed E-state index contributed by atoms with van der Waals surface area (Å²) >= 11 is 0. The van der Waals surface area contributed by atoms with Crippen molar-refractivity contribution in [3.63, 3.8) is 0 Å². The average molecular weight is 305 g/mol. The van der Waals surface area contributed by atoms with E-state index in [0.29, 0.717) is 22.8 Å². The topological polar surface area (TPSA) is 67.6 Å². The molecule has 5 nitrogen and oxygen atoms in total. The average Bonchev–Trinajstić information content (AvgIpc) is 2.63. The molecule has 3 aromatic rings. The summed E-state index contributed by atoms with van der Waals surface area (Å²) in [5.41, 5.74) is 3.13. The number of aromatic nitrogens is 2. The number of hydrogen-bond donors (Lipinski definition) is 1. The van der Waals surface area contributed by atoms with Gasteiger partial charge in [-0.1, -0.05) is 29.4 Å². The maximum Gasteiger partial charge on any atom is 0.135 e. The molecule has 0 spiro atoms. The SMILES string of the molecule is COc1cccc(C(=NO)c2cccc(-c3ccccn3)n2)c1. The summed E-state index contributed by atoms with van der Waals surface area (Å²) in [6.45, 7) is 0. The fourth-order valence-electron chi connectivity index (χ4n) is 2.25. The van der Waals surface area contributed by atoms with Crippen molar-refractivity contribution in [2.24, 2.45) is 5.16 Å². The van der Waals surface area contributed by atoms with Gasteiger partial charge in [0.25, 0.3) is 0 Å². The smallest absolute Gasteiger partial charge is 0.135 e. The maximum atomic E-state index is 9.45. The van der Waals surface area contributed by atoms with E-state index in [9.17, 15) is 5.21 Å². The Kier molecular flexibility index (Phi) is 4.29. The predicted molar refractivity (Wildman–Crippen MR) is 87.9 cm³/mol. The van der Waals surface area contributed by atoms with E-state index in [1.807, 2.05) is 48.5 Å². The summed E-state index contributed by atoms with van der Waals surface area (Å²) in [5.74, 6) is 0.685. The van der Waals surface area contributed by atoms with Gasteiger partial charge in [-0.2, -0.15) is 0 Å². The fraction of sp³-hybridized carbons (Fsp3) is 0.0556. The van der Waals surface area contributed by atoms with Crippen LogP contribution >= 0.6 is 0 Å². The molecule has 5 heteroatoms. The quantitative estimate of drug-likeness (QED) is 0.456. The molecule has 0 atom stereocenters. The van der Waals surface area contributed by atoms with Crippen molar-refractivity contribution in [2.75, 3.05) is 7.11 Å². The minimum absolute atomic E-state index is 0.377. The lowest BCUT2D eigenvalue weighted by atomic mass is 10.1. The molecule has 0 aliphatic carbocycles. The van der Waals surface area contributed by atoms with Gasteiger partial charge in [-0.3, -0.25) is 4.98 Å². The zero-order chi connectivity index (χ0) is 16.1. The zero-order valence-corrected chi connectivity index (χ0v) is 12.5. The standard InChI is InChI=1S/C18H15N3O2/c1-23-14-7-4-6-13(12-14)18(21-22)17-10-5-9-16(20-17)15-8-2-3-11-19-15/h2-12,22H,1H3. The first-order valence-electron chi connectivity index (χ1n) is 7.07.